The highest BCUT2D eigenvalue weighted by atomic mass is 32.1. The summed E-state index contributed by atoms with van der Waals surface area (Å²) in [6.45, 7) is 0. The molecule has 0 spiro atoms. The molecule has 0 saturated heterocycles. The van der Waals surface area contributed by atoms with Crippen LogP contribution in [0.25, 0.3) is 0 Å². The lowest BCUT2D eigenvalue weighted by molar-refractivity contribution is -0.129. The summed E-state index contributed by atoms with van der Waals surface area (Å²) in [6, 6.07) is 14.2. The maximum absolute atomic E-state index is 12.3. The minimum absolute atomic E-state index is 0.169. The second kappa shape index (κ2) is 12.6. The molecule has 1 aliphatic rings. The maximum atomic E-state index is 12.3. The number of carbonyl (C=O) groups is 2. The van der Waals surface area contributed by atoms with Gasteiger partial charge in [0.2, 0.25) is 11.0 Å². The van der Waals surface area contributed by atoms with E-state index in [1.807, 2.05) is 24.3 Å². The first-order valence-corrected chi connectivity index (χ1v) is 12.4. The number of unbranched alkanes of at least 4 members (excludes halogenated alkanes) is 1. The van der Waals surface area contributed by atoms with Gasteiger partial charge in [-0.2, -0.15) is 0 Å². The van der Waals surface area contributed by atoms with E-state index in [4.69, 9.17) is 0 Å². The molecule has 36 heavy (non-hydrogen) atoms. The van der Waals surface area contributed by atoms with Gasteiger partial charge in [0.15, 0.2) is 6.10 Å². The maximum Gasteiger partial charge on any atom is 0.258 e. The highest BCUT2D eigenvalue weighted by molar-refractivity contribution is 7.15. The number of hydrogen-bond donors (Lipinski definition) is 5. The van der Waals surface area contributed by atoms with E-state index in [1.165, 1.54) is 11.3 Å². The minimum Gasteiger partial charge on any atom is -0.378 e. The van der Waals surface area contributed by atoms with Gasteiger partial charge in [-0.15, -0.1) is 10.2 Å². The number of aliphatic hydroxyl groups is 1. The number of aryl methyl sites for hydroxylation is 1. The second-order valence-electron chi connectivity index (χ2n) is 8.08. The first-order chi connectivity index (χ1) is 17.6. The van der Waals surface area contributed by atoms with Crippen molar-refractivity contribution in [2.45, 2.75) is 38.2 Å². The van der Waals surface area contributed by atoms with Crippen LogP contribution in [-0.2, 0) is 22.4 Å². The largest absolute Gasteiger partial charge is 0.378 e. The standard InChI is InChI=1S/C25H27N7O3S/c33-21(16-19-11-6-7-15-26-19)28-25-32-31-22(36-25)12-5-4-10-18-13-14-20(30-29-18)27-24(35)23(34)17-8-2-1-3-9-17/h1-3,6-9,11,13-15,23,29-30,34H,4-5,10,12,16H2,(H,27,35)(H,28,32,33). The molecular formula is C25H27N7O3S. The fraction of sp³-hybridized carbons (Fsp3) is 0.240. The van der Waals surface area contributed by atoms with Gasteiger partial charge in [-0.25, -0.2) is 0 Å². The molecule has 1 unspecified atom stereocenters. The average Bonchev–Trinajstić information content (AvgIpc) is 3.35. The summed E-state index contributed by atoms with van der Waals surface area (Å²) in [7, 11) is 0. The van der Waals surface area contributed by atoms with Crippen molar-refractivity contribution in [1.82, 2.24) is 31.3 Å². The van der Waals surface area contributed by atoms with Gasteiger partial charge in [0, 0.05) is 24.0 Å². The number of anilines is 1. The zero-order valence-corrected chi connectivity index (χ0v) is 20.3. The molecule has 2 aromatic heterocycles. The zero-order chi connectivity index (χ0) is 25.2. The molecule has 186 valence electrons. The summed E-state index contributed by atoms with van der Waals surface area (Å²) >= 11 is 1.38. The molecule has 2 amide bonds. The number of hydrazine groups is 1. The number of nitrogens with zero attached hydrogens (tertiary/aromatic N) is 3. The molecule has 1 aliphatic heterocycles. The summed E-state index contributed by atoms with van der Waals surface area (Å²) in [5.74, 6) is -0.217. The molecule has 0 fully saturated rings. The summed E-state index contributed by atoms with van der Waals surface area (Å²) < 4.78 is 0. The number of amides is 2. The predicted molar refractivity (Wildman–Crippen MR) is 136 cm³/mol. The Labute approximate surface area is 212 Å². The number of rotatable bonds is 11. The molecule has 10 nitrogen and oxygen atoms in total. The Balaban J connectivity index is 1.15. The van der Waals surface area contributed by atoms with Gasteiger partial charge in [-0.05, 0) is 49.1 Å². The predicted octanol–water partition coefficient (Wildman–Crippen LogP) is 2.51. The molecule has 3 heterocycles. The van der Waals surface area contributed by atoms with Crippen molar-refractivity contribution in [2.75, 3.05) is 5.32 Å². The van der Waals surface area contributed by atoms with Crippen molar-refractivity contribution in [3.63, 3.8) is 0 Å². The lowest BCUT2D eigenvalue weighted by Gasteiger charge is -2.21. The van der Waals surface area contributed by atoms with Crippen LogP contribution in [0, 0.1) is 0 Å². The highest BCUT2D eigenvalue weighted by Gasteiger charge is 2.18. The molecular weight excluding hydrogens is 478 g/mol. The molecule has 11 heteroatoms. The van der Waals surface area contributed by atoms with Gasteiger partial charge in [0.25, 0.3) is 5.91 Å². The van der Waals surface area contributed by atoms with Gasteiger partial charge in [-0.3, -0.25) is 20.0 Å². The van der Waals surface area contributed by atoms with Crippen LogP contribution >= 0.6 is 11.3 Å². The van der Waals surface area contributed by atoms with E-state index in [0.29, 0.717) is 22.2 Å². The average molecular weight is 506 g/mol. The first-order valence-electron chi connectivity index (χ1n) is 11.6. The fourth-order valence-electron chi connectivity index (χ4n) is 3.45. The number of pyridine rings is 1. The third-order valence-electron chi connectivity index (χ3n) is 5.30. The van der Waals surface area contributed by atoms with Crippen LogP contribution in [0.2, 0.25) is 0 Å². The van der Waals surface area contributed by atoms with Crippen LogP contribution in [0.3, 0.4) is 0 Å². The SMILES string of the molecule is O=C(Cc1ccccn1)Nc1nnc(CCCCC2=CC=C(NC(=O)C(O)c3ccccc3)NN2)s1. The topological polar surface area (TPSA) is 141 Å². The number of carbonyl (C=O) groups excluding carboxylic acids is 2. The van der Waals surface area contributed by atoms with E-state index >= 15 is 0 Å². The Bertz CT molecular complexity index is 1230. The van der Waals surface area contributed by atoms with Gasteiger partial charge >= 0.3 is 0 Å². The van der Waals surface area contributed by atoms with Gasteiger partial charge in [0.05, 0.1) is 6.42 Å². The van der Waals surface area contributed by atoms with Gasteiger partial charge < -0.3 is 21.2 Å². The third kappa shape index (κ3) is 7.45. The number of hydrogen-bond acceptors (Lipinski definition) is 9. The number of allylic oxidation sites excluding steroid dienone is 3. The summed E-state index contributed by atoms with van der Waals surface area (Å²) in [5.41, 5.74) is 8.22. The number of benzene rings is 1. The molecule has 0 saturated carbocycles. The summed E-state index contributed by atoms with van der Waals surface area (Å²) in [5, 5.41) is 25.2. The molecule has 1 atom stereocenters. The normalized spacial score (nSPS) is 13.5. The van der Waals surface area contributed by atoms with Crippen LogP contribution in [0.1, 0.15) is 41.6 Å². The van der Waals surface area contributed by atoms with Crippen molar-refractivity contribution < 1.29 is 14.7 Å². The fourth-order valence-corrected chi connectivity index (χ4v) is 4.25. The van der Waals surface area contributed by atoms with E-state index in [2.05, 4.69) is 36.7 Å². The Morgan fingerprint density at radius 3 is 2.50 bits per heavy atom. The van der Waals surface area contributed by atoms with Crippen LogP contribution in [0.15, 0.2) is 78.4 Å². The van der Waals surface area contributed by atoms with Crippen molar-refractivity contribution in [1.29, 1.82) is 0 Å². The highest BCUT2D eigenvalue weighted by Crippen LogP contribution is 2.19. The van der Waals surface area contributed by atoms with Crippen LogP contribution in [0.4, 0.5) is 5.13 Å². The first kappa shape index (κ1) is 25.0. The number of aliphatic hydroxyl groups excluding tert-OH is 1. The van der Waals surface area contributed by atoms with E-state index in [9.17, 15) is 14.7 Å². The van der Waals surface area contributed by atoms with Crippen molar-refractivity contribution in [3.8, 4) is 0 Å². The second-order valence-corrected chi connectivity index (χ2v) is 9.14. The Morgan fingerprint density at radius 1 is 0.944 bits per heavy atom. The molecule has 5 N–H and O–H groups in total. The molecule has 4 rings (SSSR count). The smallest absolute Gasteiger partial charge is 0.258 e. The van der Waals surface area contributed by atoms with E-state index in [-0.39, 0.29) is 12.3 Å². The van der Waals surface area contributed by atoms with Gasteiger partial charge in [-0.1, -0.05) is 47.7 Å². The molecule has 0 radical (unpaired) electrons. The summed E-state index contributed by atoms with van der Waals surface area (Å²) in [4.78, 5) is 28.5. The number of nitrogens with one attached hydrogen (secondary N) is 4. The van der Waals surface area contributed by atoms with Crippen LogP contribution < -0.4 is 21.5 Å². The number of aromatic nitrogens is 3. The lowest BCUT2D eigenvalue weighted by Crippen LogP contribution is -2.42. The minimum atomic E-state index is -1.24. The molecule has 3 aromatic rings. The van der Waals surface area contributed by atoms with Crippen molar-refractivity contribution in [3.05, 3.63) is 94.7 Å². The molecule has 0 aliphatic carbocycles. The zero-order valence-electron chi connectivity index (χ0n) is 19.5. The Hall–Kier alpha value is -4.09. The van der Waals surface area contributed by atoms with Crippen molar-refractivity contribution in [2.24, 2.45) is 0 Å². The molecule has 0 bridgehead atoms. The van der Waals surface area contributed by atoms with E-state index in [1.54, 1.807) is 42.6 Å². The molecule has 1 aromatic carbocycles. The van der Waals surface area contributed by atoms with Gasteiger partial charge in [0.1, 0.15) is 10.8 Å². The van der Waals surface area contributed by atoms with E-state index in [0.717, 1.165) is 36.4 Å². The Kier molecular flexibility index (Phi) is 8.73. The Morgan fingerprint density at radius 2 is 1.75 bits per heavy atom. The quantitative estimate of drug-likeness (QED) is 0.250. The third-order valence-corrected chi connectivity index (χ3v) is 6.20. The van der Waals surface area contributed by atoms with E-state index < -0.39 is 12.0 Å². The van der Waals surface area contributed by atoms with Crippen LogP contribution in [0.5, 0.6) is 0 Å². The lowest BCUT2D eigenvalue weighted by atomic mass is 10.1. The van der Waals surface area contributed by atoms with Crippen LogP contribution in [-0.4, -0.2) is 32.1 Å². The summed E-state index contributed by atoms with van der Waals surface area (Å²) in [6.07, 6.45) is 7.66. The van der Waals surface area contributed by atoms with Crippen molar-refractivity contribution >= 4 is 28.3 Å². The monoisotopic (exact) mass is 505 g/mol.